The van der Waals surface area contributed by atoms with Gasteiger partial charge in [-0.2, -0.15) is 0 Å². The summed E-state index contributed by atoms with van der Waals surface area (Å²) in [5.41, 5.74) is 0.662. The van der Waals surface area contributed by atoms with Crippen LogP contribution in [0.5, 0.6) is 5.75 Å². The normalized spacial score (nSPS) is 10.4. The third-order valence-corrected chi connectivity index (χ3v) is 4.35. The zero-order valence-electron chi connectivity index (χ0n) is 17.9. The Kier molecular flexibility index (Phi) is 16.7. The Morgan fingerprint density at radius 3 is 2.25 bits per heavy atom. The Bertz CT molecular complexity index is 508. The second-order valence-electron chi connectivity index (χ2n) is 6.86. The van der Waals surface area contributed by atoms with Crippen molar-refractivity contribution in [3.63, 3.8) is 0 Å². The van der Waals surface area contributed by atoms with Crippen LogP contribution in [0.25, 0.3) is 0 Å². The molecular weight excluding hydrogens is 376 g/mol. The molecule has 0 saturated heterocycles. The van der Waals surface area contributed by atoms with Gasteiger partial charge in [0.2, 0.25) is 0 Å². The summed E-state index contributed by atoms with van der Waals surface area (Å²) >= 11 is 0. The molecule has 0 aliphatic heterocycles. The minimum atomic E-state index is -0.429. The average molecular weight is 415 g/mol. The van der Waals surface area contributed by atoms with E-state index in [2.05, 4.69) is 31.0 Å². The quantitative estimate of drug-likeness (QED) is 0.351. The molecule has 0 fully saturated rings. The first-order valence-electron chi connectivity index (χ1n) is 10.6. The van der Waals surface area contributed by atoms with Gasteiger partial charge in [-0.05, 0) is 44.5 Å². The third kappa shape index (κ3) is 12.1. The van der Waals surface area contributed by atoms with Crippen LogP contribution < -0.4 is 10.1 Å². The molecule has 0 saturated carbocycles. The Hall–Kier alpha value is -1.46. The second-order valence-corrected chi connectivity index (χ2v) is 6.86. The second kappa shape index (κ2) is 17.6. The number of carbonyl (C=O) groups is 1. The first-order valence-corrected chi connectivity index (χ1v) is 10.6. The molecule has 0 unspecified atom stereocenters. The molecule has 0 bridgehead atoms. The van der Waals surface area contributed by atoms with Gasteiger partial charge in [-0.3, -0.25) is 10.2 Å². The van der Waals surface area contributed by atoms with Crippen molar-refractivity contribution in [2.24, 2.45) is 0 Å². The lowest BCUT2D eigenvalue weighted by Crippen LogP contribution is -2.30. The van der Waals surface area contributed by atoms with E-state index in [1.165, 1.54) is 25.7 Å². The molecule has 1 rings (SSSR count). The summed E-state index contributed by atoms with van der Waals surface area (Å²) in [6.07, 6.45) is 7.76. The van der Waals surface area contributed by atoms with Gasteiger partial charge in [0.1, 0.15) is 12.4 Å². The lowest BCUT2D eigenvalue weighted by molar-refractivity contribution is 0.139. The SMILES string of the molecule is CCCCCCCOc1ccccc1NC(=O)OCCN(CCC)CCC.Cl. The minimum absolute atomic E-state index is 0. The number of hydrogen-bond donors (Lipinski definition) is 1. The number of unbranched alkanes of at least 4 members (excludes halogenated alkanes) is 4. The van der Waals surface area contributed by atoms with E-state index >= 15 is 0 Å². The standard InChI is InChI=1S/C22H38N2O3.ClH/c1-4-7-8-9-12-18-26-21-14-11-10-13-20(21)23-22(25)27-19-17-24(15-5-2)16-6-3;/h10-11,13-14H,4-9,12,15-19H2,1-3H3,(H,23,25);1H. The fourth-order valence-corrected chi connectivity index (χ4v) is 2.96. The number of para-hydroxylation sites is 2. The molecule has 1 amide bonds. The Balaban J connectivity index is 0.00000729. The maximum Gasteiger partial charge on any atom is 0.411 e. The van der Waals surface area contributed by atoms with Gasteiger partial charge in [0, 0.05) is 6.54 Å². The van der Waals surface area contributed by atoms with Gasteiger partial charge in [0.05, 0.1) is 12.3 Å². The van der Waals surface area contributed by atoms with Crippen molar-refractivity contribution in [3.05, 3.63) is 24.3 Å². The molecule has 0 aliphatic carbocycles. The summed E-state index contributed by atoms with van der Waals surface area (Å²) < 4.78 is 11.2. The molecule has 5 nitrogen and oxygen atoms in total. The number of nitrogens with zero attached hydrogens (tertiary/aromatic N) is 1. The number of halogens is 1. The van der Waals surface area contributed by atoms with Gasteiger partial charge in [-0.1, -0.05) is 58.6 Å². The number of ether oxygens (including phenoxy) is 2. The van der Waals surface area contributed by atoms with E-state index in [1.54, 1.807) is 0 Å². The van der Waals surface area contributed by atoms with Gasteiger partial charge >= 0.3 is 6.09 Å². The van der Waals surface area contributed by atoms with Crippen molar-refractivity contribution in [1.82, 2.24) is 4.90 Å². The van der Waals surface area contributed by atoms with Gasteiger partial charge in [-0.15, -0.1) is 12.4 Å². The fourth-order valence-electron chi connectivity index (χ4n) is 2.96. The van der Waals surface area contributed by atoms with E-state index in [9.17, 15) is 4.79 Å². The summed E-state index contributed by atoms with van der Waals surface area (Å²) in [5.74, 6) is 0.698. The van der Waals surface area contributed by atoms with Crippen molar-refractivity contribution < 1.29 is 14.3 Å². The fraction of sp³-hybridized carbons (Fsp3) is 0.682. The zero-order valence-corrected chi connectivity index (χ0v) is 18.7. The van der Waals surface area contributed by atoms with Crippen LogP contribution in [0.15, 0.2) is 24.3 Å². The molecule has 6 heteroatoms. The van der Waals surface area contributed by atoms with Gasteiger partial charge < -0.3 is 9.47 Å². The Labute approximate surface area is 177 Å². The lowest BCUT2D eigenvalue weighted by atomic mass is 10.2. The van der Waals surface area contributed by atoms with Crippen LogP contribution in [-0.4, -0.2) is 43.8 Å². The van der Waals surface area contributed by atoms with Gasteiger partial charge in [-0.25, -0.2) is 4.79 Å². The first kappa shape index (κ1) is 26.5. The molecule has 0 aliphatic rings. The van der Waals surface area contributed by atoms with Crippen molar-refractivity contribution in [1.29, 1.82) is 0 Å². The molecule has 0 atom stereocenters. The molecule has 1 aromatic carbocycles. The minimum Gasteiger partial charge on any atom is -0.491 e. The smallest absolute Gasteiger partial charge is 0.411 e. The van der Waals surface area contributed by atoms with E-state index in [0.29, 0.717) is 24.7 Å². The number of benzene rings is 1. The molecule has 0 heterocycles. The lowest BCUT2D eigenvalue weighted by Gasteiger charge is -2.20. The maximum atomic E-state index is 12.1. The highest BCUT2D eigenvalue weighted by Gasteiger charge is 2.09. The number of carbonyl (C=O) groups excluding carboxylic acids is 1. The molecule has 28 heavy (non-hydrogen) atoms. The average Bonchev–Trinajstić information content (AvgIpc) is 2.66. The third-order valence-electron chi connectivity index (χ3n) is 4.35. The molecule has 0 radical (unpaired) electrons. The predicted octanol–water partition coefficient (Wildman–Crippen LogP) is 6.13. The molecule has 1 aromatic rings. The molecular formula is C22H39ClN2O3. The Morgan fingerprint density at radius 2 is 1.57 bits per heavy atom. The highest BCUT2D eigenvalue weighted by atomic mass is 35.5. The highest BCUT2D eigenvalue weighted by molar-refractivity contribution is 5.86. The van der Waals surface area contributed by atoms with Crippen LogP contribution >= 0.6 is 12.4 Å². The summed E-state index contributed by atoms with van der Waals surface area (Å²) in [7, 11) is 0. The molecule has 0 aromatic heterocycles. The molecule has 1 N–H and O–H groups in total. The van der Waals surface area contributed by atoms with Crippen molar-refractivity contribution in [3.8, 4) is 5.75 Å². The summed E-state index contributed by atoms with van der Waals surface area (Å²) in [6, 6.07) is 7.52. The van der Waals surface area contributed by atoms with Crippen LogP contribution in [0.1, 0.15) is 65.7 Å². The summed E-state index contributed by atoms with van der Waals surface area (Å²) in [5, 5.41) is 2.80. The van der Waals surface area contributed by atoms with E-state index in [1.807, 2.05) is 24.3 Å². The Morgan fingerprint density at radius 1 is 0.893 bits per heavy atom. The molecule has 0 spiro atoms. The predicted molar refractivity (Wildman–Crippen MR) is 120 cm³/mol. The van der Waals surface area contributed by atoms with Crippen LogP contribution in [0.2, 0.25) is 0 Å². The van der Waals surface area contributed by atoms with Crippen molar-refractivity contribution >= 4 is 24.2 Å². The van der Waals surface area contributed by atoms with Gasteiger partial charge in [0.25, 0.3) is 0 Å². The number of anilines is 1. The summed E-state index contributed by atoms with van der Waals surface area (Å²) in [4.78, 5) is 14.4. The van der Waals surface area contributed by atoms with Crippen LogP contribution in [-0.2, 0) is 4.74 Å². The number of hydrogen-bond acceptors (Lipinski definition) is 4. The number of nitrogens with one attached hydrogen (secondary N) is 1. The molecule has 162 valence electrons. The van der Waals surface area contributed by atoms with E-state index in [-0.39, 0.29) is 12.4 Å². The van der Waals surface area contributed by atoms with Crippen LogP contribution in [0, 0.1) is 0 Å². The summed E-state index contributed by atoms with van der Waals surface area (Å²) in [6.45, 7) is 10.4. The van der Waals surface area contributed by atoms with Crippen LogP contribution in [0.4, 0.5) is 10.5 Å². The van der Waals surface area contributed by atoms with Crippen molar-refractivity contribution in [2.75, 3.05) is 38.2 Å². The highest BCUT2D eigenvalue weighted by Crippen LogP contribution is 2.24. The van der Waals surface area contributed by atoms with E-state index in [0.717, 1.165) is 38.9 Å². The largest absolute Gasteiger partial charge is 0.491 e. The van der Waals surface area contributed by atoms with Crippen LogP contribution in [0.3, 0.4) is 0 Å². The number of amides is 1. The van der Waals surface area contributed by atoms with Crippen molar-refractivity contribution in [2.45, 2.75) is 65.7 Å². The van der Waals surface area contributed by atoms with Gasteiger partial charge in [0.15, 0.2) is 0 Å². The monoisotopic (exact) mass is 414 g/mol. The maximum absolute atomic E-state index is 12.1. The first-order chi connectivity index (χ1) is 13.2. The zero-order chi connectivity index (χ0) is 19.7. The van der Waals surface area contributed by atoms with E-state index < -0.39 is 6.09 Å². The number of rotatable bonds is 15. The van der Waals surface area contributed by atoms with E-state index in [4.69, 9.17) is 9.47 Å². The topological polar surface area (TPSA) is 50.8 Å².